The van der Waals surface area contributed by atoms with Gasteiger partial charge in [-0.1, -0.05) is 13.3 Å². The summed E-state index contributed by atoms with van der Waals surface area (Å²) in [7, 11) is 0. The Hall–Kier alpha value is -1.88. The zero-order valence-corrected chi connectivity index (χ0v) is 11.8. The monoisotopic (exact) mass is 278 g/mol. The van der Waals surface area contributed by atoms with Crippen molar-refractivity contribution in [3.8, 4) is 0 Å². The maximum atomic E-state index is 12.0. The molecule has 0 aliphatic rings. The highest BCUT2D eigenvalue weighted by Crippen LogP contribution is 2.11. The number of amides is 2. The van der Waals surface area contributed by atoms with Crippen LogP contribution in [0.5, 0.6) is 0 Å². The van der Waals surface area contributed by atoms with Crippen molar-refractivity contribution in [2.75, 3.05) is 18.5 Å². The number of carbonyl (C=O) groups is 2. The Balaban J connectivity index is 2.50. The van der Waals surface area contributed by atoms with Gasteiger partial charge in [-0.2, -0.15) is 0 Å². The van der Waals surface area contributed by atoms with Crippen molar-refractivity contribution in [1.82, 2.24) is 5.32 Å². The second-order valence-electron chi connectivity index (χ2n) is 4.72. The highest BCUT2D eigenvalue weighted by molar-refractivity contribution is 5.94. The van der Waals surface area contributed by atoms with Crippen molar-refractivity contribution in [1.29, 1.82) is 0 Å². The van der Waals surface area contributed by atoms with Gasteiger partial charge in [-0.25, -0.2) is 0 Å². The van der Waals surface area contributed by atoms with Crippen LogP contribution in [0.15, 0.2) is 24.3 Å². The van der Waals surface area contributed by atoms with Crippen LogP contribution >= 0.6 is 0 Å². The lowest BCUT2D eigenvalue weighted by molar-refractivity contribution is -0.105. The summed E-state index contributed by atoms with van der Waals surface area (Å²) in [6.45, 7) is 2.80. The van der Waals surface area contributed by atoms with Crippen LogP contribution in [0.4, 0.5) is 5.69 Å². The molecule has 5 heteroatoms. The van der Waals surface area contributed by atoms with Crippen LogP contribution in [0.2, 0.25) is 0 Å². The summed E-state index contributed by atoms with van der Waals surface area (Å²) < 4.78 is 0. The topological polar surface area (TPSA) is 78.4 Å². The summed E-state index contributed by atoms with van der Waals surface area (Å²) in [5, 5.41) is 14.4. The van der Waals surface area contributed by atoms with Gasteiger partial charge in [0.25, 0.3) is 5.91 Å². The van der Waals surface area contributed by atoms with Gasteiger partial charge in [-0.05, 0) is 43.0 Å². The Labute approximate surface area is 119 Å². The first kappa shape index (κ1) is 16.2. The van der Waals surface area contributed by atoms with E-state index in [2.05, 4.69) is 17.6 Å². The molecule has 0 aliphatic heterocycles. The van der Waals surface area contributed by atoms with E-state index in [1.54, 1.807) is 24.3 Å². The Morgan fingerprint density at radius 2 is 2.00 bits per heavy atom. The number of benzene rings is 1. The van der Waals surface area contributed by atoms with Gasteiger partial charge >= 0.3 is 0 Å². The molecule has 0 radical (unpaired) electrons. The van der Waals surface area contributed by atoms with Gasteiger partial charge in [0.15, 0.2) is 0 Å². The maximum absolute atomic E-state index is 12.0. The van der Waals surface area contributed by atoms with Crippen LogP contribution < -0.4 is 10.6 Å². The summed E-state index contributed by atoms with van der Waals surface area (Å²) in [5.41, 5.74) is 1.21. The summed E-state index contributed by atoms with van der Waals surface area (Å²) in [4.78, 5) is 22.2. The van der Waals surface area contributed by atoms with Crippen molar-refractivity contribution in [3.05, 3.63) is 29.8 Å². The first-order valence-electron chi connectivity index (χ1n) is 6.90. The molecule has 0 aliphatic carbocycles. The molecule has 0 spiro atoms. The van der Waals surface area contributed by atoms with E-state index in [0.717, 1.165) is 12.8 Å². The molecule has 1 aromatic carbocycles. The molecule has 1 atom stereocenters. The number of aliphatic hydroxyl groups excluding tert-OH is 1. The molecule has 1 unspecified atom stereocenters. The van der Waals surface area contributed by atoms with Gasteiger partial charge in [0.2, 0.25) is 6.41 Å². The third-order valence-electron chi connectivity index (χ3n) is 3.16. The van der Waals surface area contributed by atoms with Crippen LogP contribution in [0, 0.1) is 5.92 Å². The summed E-state index contributed by atoms with van der Waals surface area (Å²) >= 11 is 0. The molecule has 0 saturated heterocycles. The van der Waals surface area contributed by atoms with Gasteiger partial charge < -0.3 is 15.7 Å². The van der Waals surface area contributed by atoms with E-state index in [1.165, 1.54) is 0 Å². The van der Waals surface area contributed by atoms with Crippen LogP contribution in [0.1, 0.15) is 36.5 Å². The highest BCUT2D eigenvalue weighted by atomic mass is 16.3. The molecule has 5 nitrogen and oxygen atoms in total. The minimum atomic E-state index is -0.137. The predicted octanol–water partition coefficient (Wildman–Crippen LogP) is 1.78. The van der Waals surface area contributed by atoms with E-state index in [1.807, 2.05) is 0 Å². The molecule has 1 aromatic rings. The maximum Gasteiger partial charge on any atom is 0.251 e. The number of aliphatic hydroxyl groups is 1. The molecule has 0 aromatic heterocycles. The van der Waals surface area contributed by atoms with E-state index in [-0.39, 0.29) is 12.5 Å². The normalized spacial score (nSPS) is 11.7. The molecule has 0 heterocycles. The van der Waals surface area contributed by atoms with Crippen LogP contribution in [0.3, 0.4) is 0 Å². The van der Waals surface area contributed by atoms with Gasteiger partial charge in [0, 0.05) is 24.4 Å². The molecule has 20 heavy (non-hydrogen) atoms. The van der Waals surface area contributed by atoms with Crippen molar-refractivity contribution in [2.45, 2.75) is 26.2 Å². The zero-order valence-electron chi connectivity index (χ0n) is 11.8. The Morgan fingerprint density at radius 1 is 1.30 bits per heavy atom. The first-order valence-corrected chi connectivity index (χ1v) is 6.90. The standard InChI is InChI=1S/C15H22N2O3/c1-2-3-12(8-9-18)10-16-15(20)13-4-6-14(7-5-13)17-11-19/h4-7,11-12,18H,2-3,8-10H2,1H3,(H,16,20)(H,17,19). The number of hydrogen-bond acceptors (Lipinski definition) is 3. The molecule has 0 saturated carbocycles. The van der Waals surface area contributed by atoms with Crippen molar-refractivity contribution in [3.63, 3.8) is 0 Å². The second-order valence-corrected chi connectivity index (χ2v) is 4.72. The van der Waals surface area contributed by atoms with E-state index in [4.69, 9.17) is 5.11 Å². The van der Waals surface area contributed by atoms with Gasteiger partial charge in [0.1, 0.15) is 0 Å². The van der Waals surface area contributed by atoms with Gasteiger partial charge in [-0.3, -0.25) is 9.59 Å². The van der Waals surface area contributed by atoms with Gasteiger partial charge in [0.05, 0.1) is 0 Å². The molecular weight excluding hydrogens is 256 g/mol. The SMILES string of the molecule is CCCC(CCO)CNC(=O)c1ccc(NC=O)cc1. The van der Waals surface area contributed by atoms with E-state index in [9.17, 15) is 9.59 Å². The number of carbonyl (C=O) groups excluding carboxylic acids is 2. The minimum absolute atomic E-state index is 0.137. The number of anilines is 1. The van der Waals surface area contributed by atoms with E-state index in [0.29, 0.717) is 36.5 Å². The molecule has 0 bridgehead atoms. The van der Waals surface area contributed by atoms with Crippen LogP contribution in [-0.2, 0) is 4.79 Å². The fourth-order valence-corrected chi connectivity index (χ4v) is 2.06. The highest BCUT2D eigenvalue weighted by Gasteiger charge is 2.10. The summed E-state index contributed by atoms with van der Waals surface area (Å²) in [5.74, 6) is 0.173. The third-order valence-corrected chi connectivity index (χ3v) is 3.16. The van der Waals surface area contributed by atoms with E-state index >= 15 is 0 Å². The van der Waals surface area contributed by atoms with E-state index < -0.39 is 0 Å². The van der Waals surface area contributed by atoms with Crippen molar-refractivity contribution in [2.24, 2.45) is 5.92 Å². The lowest BCUT2D eigenvalue weighted by Gasteiger charge is -2.15. The second kappa shape index (κ2) is 9.09. The molecule has 0 fully saturated rings. The number of hydrogen-bond donors (Lipinski definition) is 3. The van der Waals surface area contributed by atoms with Crippen molar-refractivity contribution >= 4 is 18.0 Å². The lowest BCUT2D eigenvalue weighted by Crippen LogP contribution is -2.29. The third kappa shape index (κ3) is 5.40. The Kier molecular flexibility index (Phi) is 7.35. The number of rotatable bonds is 9. The zero-order chi connectivity index (χ0) is 14.8. The van der Waals surface area contributed by atoms with Gasteiger partial charge in [-0.15, -0.1) is 0 Å². The minimum Gasteiger partial charge on any atom is -0.396 e. The summed E-state index contributed by atoms with van der Waals surface area (Å²) in [6, 6.07) is 6.70. The van der Waals surface area contributed by atoms with Crippen LogP contribution in [0.25, 0.3) is 0 Å². The molecule has 110 valence electrons. The average molecular weight is 278 g/mol. The average Bonchev–Trinajstić information content (AvgIpc) is 2.46. The lowest BCUT2D eigenvalue weighted by atomic mass is 10.00. The largest absolute Gasteiger partial charge is 0.396 e. The predicted molar refractivity (Wildman–Crippen MR) is 78.6 cm³/mol. The smallest absolute Gasteiger partial charge is 0.251 e. The Bertz CT molecular complexity index is 412. The first-order chi connectivity index (χ1) is 9.71. The Morgan fingerprint density at radius 3 is 2.55 bits per heavy atom. The molecular formula is C15H22N2O3. The summed E-state index contributed by atoms with van der Waals surface area (Å²) in [6.07, 6.45) is 3.32. The molecule has 2 amide bonds. The number of nitrogens with one attached hydrogen (secondary N) is 2. The fraction of sp³-hybridized carbons (Fsp3) is 0.467. The molecule has 1 rings (SSSR count). The molecule has 3 N–H and O–H groups in total. The van der Waals surface area contributed by atoms with Crippen molar-refractivity contribution < 1.29 is 14.7 Å². The fourth-order valence-electron chi connectivity index (χ4n) is 2.06. The van der Waals surface area contributed by atoms with Crippen LogP contribution in [-0.4, -0.2) is 30.6 Å². The quantitative estimate of drug-likeness (QED) is 0.602.